The van der Waals surface area contributed by atoms with Gasteiger partial charge in [0.25, 0.3) is 0 Å². The van der Waals surface area contributed by atoms with Crippen molar-refractivity contribution >= 4 is 5.97 Å². The summed E-state index contributed by atoms with van der Waals surface area (Å²) in [5.41, 5.74) is 0. The van der Waals surface area contributed by atoms with Gasteiger partial charge in [0.05, 0.1) is 19.1 Å². The number of hydrogen-bond donors (Lipinski definition) is 1. The Bertz CT molecular complexity index is 223. The third-order valence-electron chi connectivity index (χ3n) is 2.88. The van der Waals surface area contributed by atoms with Crippen LogP contribution in [0.25, 0.3) is 0 Å². The van der Waals surface area contributed by atoms with Gasteiger partial charge in [0, 0.05) is 0 Å². The highest BCUT2D eigenvalue weighted by atomic mass is 16.5. The predicted molar refractivity (Wildman–Crippen MR) is 53.7 cm³/mol. The van der Waals surface area contributed by atoms with Gasteiger partial charge < -0.3 is 9.84 Å². The first-order chi connectivity index (χ1) is 6.66. The van der Waals surface area contributed by atoms with E-state index in [1.54, 1.807) is 6.92 Å². The number of ether oxygens (including phenoxy) is 1. The maximum Gasteiger partial charge on any atom is 0.311 e. The number of allylic oxidation sites excluding steroid dienone is 2. The average Bonchev–Trinajstić information content (AvgIpc) is 2.27. The van der Waals surface area contributed by atoms with Gasteiger partial charge in [0.1, 0.15) is 0 Å². The van der Waals surface area contributed by atoms with Gasteiger partial charge in [-0.25, -0.2) is 0 Å². The van der Waals surface area contributed by atoms with Gasteiger partial charge in [-0.1, -0.05) is 12.2 Å². The summed E-state index contributed by atoms with van der Waals surface area (Å²) in [6.45, 7) is 1.72. The lowest BCUT2D eigenvalue weighted by Crippen LogP contribution is -2.33. The fourth-order valence-corrected chi connectivity index (χ4v) is 1.86. The number of methoxy groups -OCH3 is 1. The zero-order valence-electron chi connectivity index (χ0n) is 8.77. The van der Waals surface area contributed by atoms with Crippen LogP contribution in [-0.4, -0.2) is 24.3 Å². The molecule has 0 spiro atoms. The second kappa shape index (κ2) is 5.15. The zero-order valence-corrected chi connectivity index (χ0v) is 8.77. The number of esters is 1. The highest BCUT2D eigenvalue weighted by Gasteiger charge is 2.29. The number of aliphatic hydroxyl groups is 1. The van der Waals surface area contributed by atoms with E-state index < -0.39 is 12.0 Å². The molecule has 14 heavy (non-hydrogen) atoms. The summed E-state index contributed by atoms with van der Waals surface area (Å²) in [4.78, 5) is 11.2. The van der Waals surface area contributed by atoms with Crippen molar-refractivity contribution in [2.75, 3.05) is 7.11 Å². The summed E-state index contributed by atoms with van der Waals surface area (Å²) >= 11 is 0. The minimum Gasteiger partial charge on any atom is -0.469 e. The van der Waals surface area contributed by atoms with Crippen molar-refractivity contribution in [3.05, 3.63) is 12.2 Å². The molecule has 0 aliphatic heterocycles. The van der Waals surface area contributed by atoms with Gasteiger partial charge in [0.2, 0.25) is 0 Å². The zero-order chi connectivity index (χ0) is 10.6. The molecule has 0 amide bonds. The molecule has 80 valence electrons. The minimum atomic E-state index is -0.576. The van der Waals surface area contributed by atoms with Crippen molar-refractivity contribution in [3.63, 3.8) is 0 Å². The van der Waals surface area contributed by atoms with E-state index in [-0.39, 0.29) is 11.9 Å². The molecule has 3 unspecified atom stereocenters. The van der Waals surface area contributed by atoms with Crippen molar-refractivity contribution < 1.29 is 14.6 Å². The molecule has 0 saturated heterocycles. The van der Waals surface area contributed by atoms with Gasteiger partial charge in [-0.05, 0) is 32.1 Å². The lowest BCUT2D eigenvalue weighted by atomic mass is 9.84. The molecule has 0 bridgehead atoms. The number of rotatable bonds is 3. The Morgan fingerprint density at radius 3 is 2.79 bits per heavy atom. The molecular formula is C11H18O3. The normalized spacial score (nSPS) is 25.5. The molecule has 1 N–H and O–H groups in total. The van der Waals surface area contributed by atoms with Crippen LogP contribution in [0.1, 0.15) is 26.2 Å². The first kappa shape index (κ1) is 11.2. The average molecular weight is 198 g/mol. The summed E-state index contributed by atoms with van der Waals surface area (Å²) in [6.07, 6.45) is 6.43. The topological polar surface area (TPSA) is 46.5 Å². The Labute approximate surface area is 84.8 Å². The second-order valence-corrected chi connectivity index (χ2v) is 3.85. The van der Waals surface area contributed by atoms with Crippen LogP contribution in [0.5, 0.6) is 0 Å². The molecule has 0 fully saturated rings. The molecule has 3 heteroatoms. The molecule has 0 aromatic carbocycles. The smallest absolute Gasteiger partial charge is 0.311 e. The van der Waals surface area contributed by atoms with Crippen LogP contribution >= 0.6 is 0 Å². The third-order valence-corrected chi connectivity index (χ3v) is 2.88. The van der Waals surface area contributed by atoms with Gasteiger partial charge in [-0.2, -0.15) is 0 Å². The number of carbonyl (C=O) groups excluding carboxylic acids is 1. The highest BCUT2D eigenvalue weighted by molar-refractivity contribution is 5.72. The summed E-state index contributed by atoms with van der Waals surface area (Å²) in [5, 5.41) is 9.91. The molecule has 0 heterocycles. The Balaban J connectivity index is 2.50. The Hall–Kier alpha value is -0.830. The van der Waals surface area contributed by atoms with Crippen molar-refractivity contribution in [1.29, 1.82) is 0 Å². The molecule has 0 saturated carbocycles. The van der Waals surface area contributed by atoms with Crippen LogP contribution in [0.2, 0.25) is 0 Å². The lowest BCUT2D eigenvalue weighted by Gasteiger charge is -2.26. The van der Waals surface area contributed by atoms with Crippen LogP contribution in [0, 0.1) is 11.8 Å². The van der Waals surface area contributed by atoms with Gasteiger partial charge in [-0.15, -0.1) is 0 Å². The molecular weight excluding hydrogens is 180 g/mol. The van der Waals surface area contributed by atoms with Crippen LogP contribution < -0.4 is 0 Å². The molecule has 1 rings (SSSR count). The quantitative estimate of drug-likeness (QED) is 0.552. The van der Waals surface area contributed by atoms with Crippen molar-refractivity contribution in [2.45, 2.75) is 32.3 Å². The number of carbonyl (C=O) groups is 1. The molecule has 1 aliphatic carbocycles. The largest absolute Gasteiger partial charge is 0.469 e. The van der Waals surface area contributed by atoms with Crippen molar-refractivity contribution in [3.8, 4) is 0 Å². The monoisotopic (exact) mass is 198 g/mol. The first-order valence-corrected chi connectivity index (χ1v) is 5.07. The Morgan fingerprint density at radius 1 is 1.57 bits per heavy atom. The maximum atomic E-state index is 11.2. The van der Waals surface area contributed by atoms with Crippen LogP contribution in [0.4, 0.5) is 0 Å². The van der Waals surface area contributed by atoms with E-state index in [0.717, 1.165) is 19.3 Å². The molecule has 0 aromatic rings. The van der Waals surface area contributed by atoms with Crippen LogP contribution in [0.15, 0.2) is 12.2 Å². The SMILES string of the molecule is COC(=O)C(C)C(O)C1CC=CCC1. The van der Waals surface area contributed by atoms with E-state index in [1.807, 2.05) is 0 Å². The summed E-state index contributed by atoms with van der Waals surface area (Å²) < 4.78 is 4.61. The first-order valence-electron chi connectivity index (χ1n) is 5.07. The molecule has 0 aromatic heterocycles. The van der Waals surface area contributed by atoms with Gasteiger partial charge in [0.15, 0.2) is 0 Å². The Kier molecular flexibility index (Phi) is 4.14. The third kappa shape index (κ3) is 2.58. The maximum absolute atomic E-state index is 11.2. The number of aliphatic hydroxyl groups excluding tert-OH is 1. The second-order valence-electron chi connectivity index (χ2n) is 3.85. The van der Waals surface area contributed by atoms with Crippen molar-refractivity contribution in [2.24, 2.45) is 11.8 Å². The van der Waals surface area contributed by atoms with Crippen LogP contribution in [-0.2, 0) is 9.53 Å². The van der Waals surface area contributed by atoms with E-state index in [1.165, 1.54) is 7.11 Å². The lowest BCUT2D eigenvalue weighted by molar-refractivity contribution is -0.150. The predicted octanol–water partition coefficient (Wildman–Crippen LogP) is 1.51. The molecule has 3 atom stereocenters. The summed E-state index contributed by atoms with van der Waals surface area (Å²) in [7, 11) is 1.35. The summed E-state index contributed by atoms with van der Waals surface area (Å²) in [6, 6.07) is 0. The Morgan fingerprint density at radius 2 is 2.29 bits per heavy atom. The van der Waals surface area contributed by atoms with E-state index in [4.69, 9.17) is 0 Å². The van der Waals surface area contributed by atoms with Crippen molar-refractivity contribution in [1.82, 2.24) is 0 Å². The van der Waals surface area contributed by atoms with Gasteiger partial charge >= 0.3 is 5.97 Å². The molecule has 0 radical (unpaired) electrons. The van der Waals surface area contributed by atoms with E-state index in [9.17, 15) is 9.90 Å². The molecule has 3 nitrogen and oxygen atoms in total. The fourth-order valence-electron chi connectivity index (χ4n) is 1.86. The van der Waals surface area contributed by atoms with E-state index >= 15 is 0 Å². The fraction of sp³-hybridized carbons (Fsp3) is 0.727. The summed E-state index contributed by atoms with van der Waals surface area (Å²) in [5.74, 6) is -0.544. The highest BCUT2D eigenvalue weighted by Crippen LogP contribution is 2.26. The van der Waals surface area contributed by atoms with E-state index in [2.05, 4.69) is 16.9 Å². The van der Waals surface area contributed by atoms with Crippen LogP contribution in [0.3, 0.4) is 0 Å². The number of hydrogen-bond acceptors (Lipinski definition) is 3. The minimum absolute atomic E-state index is 0.203. The standard InChI is InChI=1S/C11H18O3/c1-8(11(13)14-2)10(12)9-6-4-3-5-7-9/h3-4,8-10,12H,5-7H2,1-2H3. The van der Waals surface area contributed by atoms with E-state index in [0.29, 0.717) is 0 Å². The van der Waals surface area contributed by atoms with Gasteiger partial charge in [-0.3, -0.25) is 4.79 Å². The molecule has 1 aliphatic rings.